The Morgan fingerprint density at radius 1 is 1.54 bits per heavy atom. The van der Waals surface area contributed by atoms with E-state index in [0.29, 0.717) is 0 Å². The van der Waals surface area contributed by atoms with Gasteiger partial charge in [-0.3, -0.25) is 0 Å². The van der Waals surface area contributed by atoms with Crippen LogP contribution in [0.4, 0.5) is 10.1 Å². The average molecular weight is 179 g/mol. The summed E-state index contributed by atoms with van der Waals surface area (Å²) >= 11 is 0. The van der Waals surface area contributed by atoms with Crippen molar-refractivity contribution in [3.63, 3.8) is 0 Å². The summed E-state index contributed by atoms with van der Waals surface area (Å²) in [4.78, 5) is 4.11. The molecule has 2 rings (SSSR count). The lowest BCUT2D eigenvalue weighted by atomic mass is 10.2. The van der Waals surface area contributed by atoms with Gasteiger partial charge in [0.25, 0.3) is 0 Å². The van der Waals surface area contributed by atoms with Gasteiger partial charge in [0.2, 0.25) is 0 Å². The van der Waals surface area contributed by atoms with Gasteiger partial charge in [-0.15, -0.1) is 0 Å². The number of aryl methyl sites for hydroxylation is 1. The zero-order chi connectivity index (χ0) is 9.42. The van der Waals surface area contributed by atoms with Crippen molar-refractivity contribution >= 4 is 16.7 Å². The molecule has 1 aromatic carbocycles. The van der Waals surface area contributed by atoms with E-state index in [-0.39, 0.29) is 11.5 Å². The lowest BCUT2D eigenvalue weighted by Crippen LogP contribution is -1.94. The zero-order valence-corrected chi connectivity index (χ0v) is 7.29. The number of benzene rings is 1. The van der Waals surface area contributed by atoms with Crippen LogP contribution in [0.3, 0.4) is 0 Å². The summed E-state index contributed by atoms with van der Waals surface area (Å²) in [6, 6.07) is 2.97. The summed E-state index contributed by atoms with van der Waals surface area (Å²) in [6.07, 6.45) is 1.68. The van der Waals surface area contributed by atoms with E-state index < -0.39 is 0 Å². The van der Waals surface area contributed by atoms with Crippen LogP contribution < -0.4 is 5.73 Å². The molecule has 0 aliphatic heterocycles. The number of imidazole rings is 1. The molecule has 3 nitrogen and oxygen atoms in total. The Hall–Kier alpha value is -1.58. The molecule has 1 heterocycles. The minimum atomic E-state index is -0.386. The zero-order valence-electron chi connectivity index (χ0n) is 7.29. The van der Waals surface area contributed by atoms with E-state index in [4.69, 9.17) is 5.73 Å². The highest BCUT2D eigenvalue weighted by Gasteiger charge is 2.05. The molecule has 2 aromatic rings. The maximum absolute atomic E-state index is 13.1. The highest BCUT2D eigenvalue weighted by molar-refractivity contribution is 5.79. The summed E-state index contributed by atoms with van der Waals surface area (Å²) < 4.78 is 14.9. The molecule has 0 unspecified atom stereocenters. The predicted molar refractivity (Wildman–Crippen MR) is 49.8 cm³/mol. The molecule has 0 saturated heterocycles. The van der Waals surface area contributed by atoms with Gasteiger partial charge in [-0.2, -0.15) is 0 Å². The largest absolute Gasteiger partial charge is 0.396 e. The smallest absolute Gasteiger partial charge is 0.148 e. The molecule has 0 radical (unpaired) electrons. The Kier molecular flexibility index (Phi) is 1.69. The SMILES string of the molecule is CCn1cnc2cc(N)c(F)cc21. The Morgan fingerprint density at radius 2 is 2.31 bits per heavy atom. The van der Waals surface area contributed by atoms with Crippen molar-refractivity contribution < 1.29 is 4.39 Å². The first kappa shape index (κ1) is 8.04. The molecule has 0 saturated carbocycles. The third-order valence-electron chi connectivity index (χ3n) is 2.08. The molecule has 4 heteroatoms. The monoisotopic (exact) mass is 179 g/mol. The van der Waals surface area contributed by atoms with Gasteiger partial charge < -0.3 is 10.3 Å². The predicted octanol–water partition coefficient (Wildman–Crippen LogP) is 1.78. The number of rotatable bonds is 1. The van der Waals surface area contributed by atoms with Crippen molar-refractivity contribution in [2.24, 2.45) is 0 Å². The summed E-state index contributed by atoms with van der Waals surface area (Å²) in [5.41, 5.74) is 7.08. The van der Waals surface area contributed by atoms with Crippen molar-refractivity contribution in [1.82, 2.24) is 9.55 Å². The minimum Gasteiger partial charge on any atom is -0.396 e. The van der Waals surface area contributed by atoms with Gasteiger partial charge in [-0.25, -0.2) is 9.37 Å². The summed E-state index contributed by atoms with van der Waals surface area (Å²) in [5.74, 6) is -0.386. The topological polar surface area (TPSA) is 43.8 Å². The van der Waals surface area contributed by atoms with Gasteiger partial charge in [0.05, 0.1) is 23.0 Å². The molecule has 0 amide bonds. The van der Waals surface area contributed by atoms with Crippen molar-refractivity contribution in [2.45, 2.75) is 13.5 Å². The van der Waals surface area contributed by atoms with Crippen LogP contribution >= 0.6 is 0 Å². The lowest BCUT2D eigenvalue weighted by molar-refractivity contribution is 0.633. The van der Waals surface area contributed by atoms with E-state index in [1.54, 1.807) is 12.4 Å². The molecule has 0 spiro atoms. The molecule has 1 aromatic heterocycles. The number of hydrogen-bond acceptors (Lipinski definition) is 2. The minimum absolute atomic E-state index is 0.147. The van der Waals surface area contributed by atoms with Crippen LogP contribution in [0, 0.1) is 5.82 Å². The Morgan fingerprint density at radius 3 is 3.00 bits per heavy atom. The second-order valence-electron chi connectivity index (χ2n) is 2.89. The van der Waals surface area contributed by atoms with Gasteiger partial charge in [-0.1, -0.05) is 0 Å². The highest BCUT2D eigenvalue weighted by Crippen LogP contribution is 2.19. The van der Waals surface area contributed by atoms with Crippen molar-refractivity contribution in [3.8, 4) is 0 Å². The quantitative estimate of drug-likeness (QED) is 0.678. The molecule has 0 atom stereocenters. The Bertz CT molecular complexity index is 447. The Labute approximate surface area is 75.0 Å². The first-order valence-electron chi connectivity index (χ1n) is 4.12. The summed E-state index contributed by atoms with van der Waals surface area (Å²) in [6.45, 7) is 2.76. The molecule has 68 valence electrons. The van der Waals surface area contributed by atoms with Gasteiger partial charge in [0.15, 0.2) is 0 Å². The van der Waals surface area contributed by atoms with Gasteiger partial charge in [0.1, 0.15) is 5.82 Å². The van der Waals surface area contributed by atoms with Gasteiger partial charge >= 0.3 is 0 Å². The van der Waals surface area contributed by atoms with E-state index in [0.717, 1.165) is 17.6 Å². The number of halogens is 1. The van der Waals surface area contributed by atoms with E-state index in [1.165, 1.54) is 6.07 Å². The van der Waals surface area contributed by atoms with Crippen LogP contribution in [-0.2, 0) is 6.54 Å². The van der Waals surface area contributed by atoms with Crippen LogP contribution in [0.1, 0.15) is 6.92 Å². The molecular weight excluding hydrogens is 169 g/mol. The molecule has 0 bridgehead atoms. The van der Waals surface area contributed by atoms with Crippen LogP contribution in [0.25, 0.3) is 11.0 Å². The van der Waals surface area contributed by atoms with E-state index in [1.807, 2.05) is 11.5 Å². The van der Waals surface area contributed by atoms with Crippen LogP contribution in [-0.4, -0.2) is 9.55 Å². The molecular formula is C9H10FN3. The van der Waals surface area contributed by atoms with Crippen molar-refractivity contribution in [2.75, 3.05) is 5.73 Å². The van der Waals surface area contributed by atoms with Gasteiger partial charge in [0, 0.05) is 12.6 Å². The summed E-state index contributed by atoms with van der Waals surface area (Å²) in [7, 11) is 0. The Balaban J connectivity index is 2.77. The van der Waals surface area contributed by atoms with Crippen molar-refractivity contribution in [3.05, 3.63) is 24.3 Å². The number of aromatic nitrogens is 2. The normalized spacial score (nSPS) is 10.9. The fourth-order valence-corrected chi connectivity index (χ4v) is 1.35. The molecule has 0 fully saturated rings. The van der Waals surface area contributed by atoms with Crippen LogP contribution in [0.5, 0.6) is 0 Å². The average Bonchev–Trinajstić information content (AvgIpc) is 2.48. The molecule has 13 heavy (non-hydrogen) atoms. The highest BCUT2D eigenvalue weighted by atomic mass is 19.1. The second kappa shape index (κ2) is 2.73. The van der Waals surface area contributed by atoms with Crippen LogP contribution in [0.15, 0.2) is 18.5 Å². The third-order valence-corrected chi connectivity index (χ3v) is 2.08. The number of nitrogens with two attached hydrogens (primary N) is 1. The third kappa shape index (κ3) is 1.14. The van der Waals surface area contributed by atoms with E-state index >= 15 is 0 Å². The first-order valence-corrected chi connectivity index (χ1v) is 4.12. The maximum Gasteiger partial charge on any atom is 0.148 e. The van der Waals surface area contributed by atoms with Gasteiger partial charge in [-0.05, 0) is 13.0 Å². The van der Waals surface area contributed by atoms with E-state index in [2.05, 4.69) is 4.98 Å². The first-order chi connectivity index (χ1) is 6.22. The fourth-order valence-electron chi connectivity index (χ4n) is 1.35. The van der Waals surface area contributed by atoms with E-state index in [9.17, 15) is 4.39 Å². The lowest BCUT2D eigenvalue weighted by Gasteiger charge is -2.00. The maximum atomic E-state index is 13.1. The second-order valence-corrected chi connectivity index (χ2v) is 2.89. The number of nitrogen functional groups attached to an aromatic ring is 1. The molecule has 0 aliphatic rings. The molecule has 2 N–H and O–H groups in total. The fraction of sp³-hybridized carbons (Fsp3) is 0.222. The van der Waals surface area contributed by atoms with Crippen LogP contribution in [0.2, 0.25) is 0 Å². The standard InChI is InChI=1S/C9H10FN3/c1-2-13-5-12-8-4-7(11)6(10)3-9(8)13/h3-5H,2,11H2,1H3. The number of hydrogen-bond donors (Lipinski definition) is 1. The summed E-state index contributed by atoms with van der Waals surface area (Å²) in [5, 5.41) is 0. The number of nitrogens with zero attached hydrogens (tertiary/aromatic N) is 2. The number of anilines is 1. The number of fused-ring (bicyclic) bond motifs is 1. The molecule has 0 aliphatic carbocycles. The van der Waals surface area contributed by atoms with Crippen molar-refractivity contribution in [1.29, 1.82) is 0 Å².